The molecular formula is C14H20N2O2. The fraction of sp³-hybridized carbons (Fsp3) is 0.429. The number of furan rings is 2. The maximum absolute atomic E-state index is 5.49. The molecule has 0 unspecified atom stereocenters. The smallest absolute Gasteiger partial charge is 0.122 e. The summed E-state index contributed by atoms with van der Waals surface area (Å²) in [5.74, 6) is 2.00. The number of hydrogen-bond acceptors (Lipinski definition) is 4. The first-order chi connectivity index (χ1) is 8.79. The molecule has 0 aliphatic rings. The van der Waals surface area contributed by atoms with Crippen LogP contribution in [0.1, 0.15) is 24.0 Å². The Balaban J connectivity index is 1.90. The lowest BCUT2D eigenvalue weighted by Crippen LogP contribution is -2.19. The van der Waals surface area contributed by atoms with E-state index in [1.165, 1.54) is 5.56 Å². The van der Waals surface area contributed by atoms with Crippen molar-refractivity contribution in [3.05, 3.63) is 47.8 Å². The van der Waals surface area contributed by atoms with Gasteiger partial charge in [-0.05, 0) is 31.8 Å². The van der Waals surface area contributed by atoms with Gasteiger partial charge in [0.25, 0.3) is 0 Å². The molecule has 0 saturated heterocycles. The van der Waals surface area contributed by atoms with Crippen LogP contribution in [0, 0.1) is 0 Å². The molecule has 0 fully saturated rings. The molecule has 0 bridgehead atoms. The van der Waals surface area contributed by atoms with Gasteiger partial charge < -0.3 is 14.2 Å². The molecule has 0 saturated carbocycles. The van der Waals surface area contributed by atoms with E-state index in [2.05, 4.69) is 24.2 Å². The highest BCUT2D eigenvalue weighted by atomic mass is 16.3. The molecule has 0 aliphatic heterocycles. The summed E-state index contributed by atoms with van der Waals surface area (Å²) in [4.78, 5) is 2.21. The number of nitrogens with one attached hydrogen (secondary N) is 1. The van der Waals surface area contributed by atoms with Gasteiger partial charge in [0, 0.05) is 12.1 Å². The first-order valence-corrected chi connectivity index (χ1v) is 6.26. The van der Waals surface area contributed by atoms with Gasteiger partial charge in [0.05, 0.1) is 25.6 Å². The lowest BCUT2D eigenvalue weighted by atomic mass is 10.2. The van der Waals surface area contributed by atoms with Gasteiger partial charge >= 0.3 is 0 Å². The third-order valence-electron chi connectivity index (χ3n) is 2.82. The van der Waals surface area contributed by atoms with Gasteiger partial charge in [-0.1, -0.05) is 6.92 Å². The van der Waals surface area contributed by atoms with Crippen molar-refractivity contribution in [1.82, 2.24) is 10.2 Å². The van der Waals surface area contributed by atoms with E-state index in [1.54, 1.807) is 12.5 Å². The van der Waals surface area contributed by atoms with Crippen LogP contribution < -0.4 is 5.32 Å². The number of nitrogens with zero attached hydrogens (tertiary/aromatic N) is 1. The lowest BCUT2D eigenvalue weighted by molar-refractivity contribution is 0.285. The highest BCUT2D eigenvalue weighted by molar-refractivity contribution is 5.17. The minimum Gasteiger partial charge on any atom is -0.468 e. The van der Waals surface area contributed by atoms with E-state index >= 15 is 0 Å². The standard InChI is InChI=1S/C14H20N2O2/c1-3-15-9-14-12(6-8-18-14)10-16(2)11-13-5-4-7-17-13/h4-8,15H,3,9-11H2,1-2H3. The molecule has 2 aromatic heterocycles. The highest BCUT2D eigenvalue weighted by Gasteiger charge is 2.09. The minimum absolute atomic E-state index is 0.785. The largest absolute Gasteiger partial charge is 0.468 e. The summed E-state index contributed by atoms with van der Waals surface area (Å²) in [6.45, 7) is 5.48. The van der Waals surface area contributed by atoms with Crippen LogP contribution in [-0.4, -0.2) is 18.5 Å². The van der Waals surface area contributed by atoms with E-state index in [4.69, 9.17) is 8.83 Å². The van der Waals surface area contributed by atoms with Gasteiger partial charge in [-0.3, -0.25) is 4.90 Å². The van der Waals surface area contributed by atoms with Crippen molar-refractivity contribution < 1.29 is 8.83 Å². The number of rotatable bonds is 7. The van der Waals surface area contributed by atoms with E-state index < -0.39 is 0 Å². The van der Waals surface area contributed by atoms with Gasteiger partial charge in [-0.25, -0.2) is 0 Å². The average molecular weight is 248 g/mol. The molecule has 0 amide bonds. The van der Waals surface area contributed by atoms with E-state index in [-0.39, 0.29) is 0 Å². The van der Waals surface area contributed by atoms with Crippen LogP contribution in [-0.2, 0) is 19.6 Å². The Morgan fingerprint density at radius 2 is 2.06 bits per heavy atom. The molecule has 2 aromatic rings. The summed E-state index contributed by atoms with van der Waals surface area (Å²) in [5.41, 5.74) is 1.23. The summed E-state index contributed by atoms with van der Waals surface area (Å²) >= 11 is 0. The number of hydrogen-bond donors (Lipinski definition) is 1. The summed E-state index contributed by atoms with van der Waals surface area (Å²) in [6, 6.07) is 5.94. The summed E-state index contributed by atoms with van der Waals surface area (Å²) < 4.78 is 10.8. The highest BCUT2D eigenvalue weighted by Crippen LogP contribution is 2.14. The van der Waals surface area contributed by atoms with E-state index in [0.717, 1.165) is 37.7 Å². The van der Waals surface area contributed by atoms with Gasteiger partial charge in [0.15, 0.2) is 0 Å². The second-order valence-electron chi connectivity index (χ2n) is 4.40. The second kappa shape index (κ2) is 6.42. The van der Waals surface area contributed by atoms with Crippen molar-refractivity contribution in [3.8, 4) is 0 Å². The fourth-order valence-electron chi connectivity index (χ4n) is 1.92. The van der Waals surface area contributed by atoms with Crippen LogP contribution in [0.4, 0.5) is 0 Å². The van der Waals surface area contributed by atoms with Gasteiger partial charge in [-0.2, -0.15) is 0 Å². The van der Waals surface area contributed by atoms with Crippen LogP contribution in [0.5, 0.6) is 0 Å². The van der Waals surface area contributed by atoms with E-state index in [9.17, 15) is 0 Å². The van der Waals surface area contributed by atoms with E-state index in [0.29, 0.717) is 0 Å². The van der Waals surface area contributed by atoms with Crippen molar-refractivity contribution in [2.24, 2.45) is 0 Å². The molecule has 2 heterocycles. The Morgan fingerprint density at radius 1 is 1.17 bits per heavy atom. The second-order valence-corrected chi connectivity index (χ2v) is 4.40. The Labute approximate surface area is 108 Å². The Kier molecular flexibility index (Phi) is 4.61. The Bertz CT molecular complexity index is 448. The minimum atomic E-state index is 0.785. The molecule has 1 N–H and O–H groups in total. The first kappa shape index (κ1) is 12.9. The lowest BCUT2D eigenvalue weighted by Gasteiger charge is -2.15. The van der Waals surface area contributed by atoms with Crippen LogP contribution >= 0.6 is 0 Å². The topological polar surface area (TPSA) is 41.6 Å². The average Bonchev–Trinajstić information content (AvgIpc) is 2.98. The molecule has 18 heavy (non-hydrogen) atoms. The zero-order chi connectivity index (χ0) is 12.8. The van der Waals surface area contributed by atoms with Gasteiger partial charge in [0.1, 0.15) is 11.5 Å². The van der Waals surface area contributed by atoms with Crippen LogP contribution in [0.15, 0.2) is 39.6 Å². The van der Waals surface area contributed by atoms with Gasteiger partial charge in [-0.15, -0.1) is 0 Å². The summed E-state index contributed by atoms with van der Waals surface area (Å²) in [5, 5.41) is 3.28. The molecule has 98 valence electrons. The van der Waals surface area contributed by atoms with Crippen molar-refractivity contribution in [2.45, 2.75) is 26.6 Å². The zero-order valence-corrected chi connectivity index (χ0v) is 11.0. The fourth-order valence-corrected chi connectivity index (χ4v) is 1.92. The van der Waals surface area contributed by atoms with Crippen molar-refractivity contribution in [1.29, 1.82) is 0 Å². The van der Waals surface area contributed by atoms with Crippen LogP contribution in [0.2, 0.25) is 0 Å². The van der Waals surface area contributed by atoms with Crippen LogP contribution in [0.3, 0.4) is 0 Å². The summed E-state index contributed by atoms with van der Waals surface area (Å²) in [7, 11) is 2.08. The molecule has 0 aliphatic carbocycles. The predicted octanol–water partition coefficient (Wildman–Crippen LogP) is 2.61. The van der Waals surface area contributed by atoms with Crippen molar-refractivity contribution in [3.63, 3.8) is 0 Å². The van der Waals surface area contributed by atoms with Crippen molar-refractivity contribution in [2.75, 3.05) is 13.6 Å². The molecule has 2 rings (SSSR count). The van der Waals surface area contributed by atoms with E-state index in [1.807, 2.05) is 18.2 Å². The maximum Gasteiger partial charge on any atom is 0.122 e. The molecule has 4 nitrogen and oxygen atoms in total. The Morgan fingerprint density at radius 3 is 2.78 bits per heavy atom. The predicted molar refractivity (Wildman–Crippen MR) is 70.0 cm³/mol. The third-order valence-corrected chi connectivity index (χ3v) is 2.82. The maximum atomic E-state index is 5.49. The van der Waals surface area contributed by atoms with Crippen molar-refractivity contribution >= 4 is 0 Å². The third kappa shape index (κ3) is 3.48. The monoisotopic (exact) mass is 248 g/mol. The molecular weight excluding hydrogens is 228 g/mol. The Hall–Kier alpha value is -1.52. The first-order valence-electron chi connectivity index (χ1n) is 6.26. The van der Waals surface area contributed by atoms with Crippen LogP contribution in [0.25, 0.3) is 0 Å². The quantitative estimate of drug-likeness (QED) is 0.817. The SMILES string of the molecule is CCNCc1occc1CN(C)Cc1ccco1. The van der Waals surface area contributed by atoms with Gasteiger partial charge in [0.2, 0.25) is 0 Å². The molecule has 0 spiro atoms. The molecule has 0 radical (unpaired) electrons. The zero-order valence-electron chi connectivity index (χ0n) is 11.0. The normalized spacial score (nSPS) is 11.3. The summed E-state index contributed by atoms with van der Waals surface area (Å²) in [6.07, 6.45) is 3.46. The molecule has 4 heteroatoms. The molecule has 0 atom stereocenters. The molecule has 0 aromatic carbocycles.